The van der Waals surface area contributed by atoms with E-state index in [9.17, 15) is 0 Å². The third-order valence-corrected chi connectivity index (χ3v) is 3.47. The van der Waals surface area contributed by atoms with Gasteiger partial charge in [-0.2, -0.15) is 0 Å². The summed E-state index contributed by atoms with van der Waals surface area (Å²) in [5.41, 5.74) is 13.4. The van der Waals surface area contributed by atoms with E-state index in [1.54, 1.807) is 0 Å². The highest BCUT2D eigenvalue weighted by Crippen LogP contribution is 2.20. The highest BCUT2D eigenvalue weighted by molar-refractivity contribution is 7.80. The van der Waals surface area contributed by atoms with Gasteiger partial charge in [0.15, 0.2) is 5.11 Å². The van der Waals surface area contributed by atoms with Gasteiger partial charge in [-0.1, -0.05) is 30.3 Å². The summed E-state index contributed by atoms with van der Waals surface area (Å²) in [5.74, 6) is 0.814. The lowest BCUT2D eigenvalue weighted by Crippen LogP contribution is -2.37. The van der Waals surface area contributed by atoms with Crippen LogP contribution in [0, 0.1) is 0 Å². The molecule has 5 heteroatoms. The second-order valence-electron chi connectivity index (χ2n) is 4.90. The summed E-state index contributed by atoms with van der Waals surface area (Å²) >= 11 is 5.09. The van der Waals surface area contributed by atoms with Crippen molar-refractivity contribution in [1.82, 2.24) is 0 Å². The standard InChI is InChI=1S/C17H21N3OS/c18-11-4-12-20(17(19)22)15-7-9-16(10-8-15)21-13-14-5-2-1-3-6-14/h1-3,5-10H,4,11-13,18H2,(H2,19,22). The molecule has 0 saturated heterocycles. The van der Waals surface area contributed by atoms with Gasteiger partial charge in [-0.25, -0.2) is 0 Å². The van der Waals surface area contributed by atoms with Crippen LogP contribution < -0.4 is 21.1 Å². The van der Waals surface area contributed by atoms with E-state index < -0.39 is 0 Å². The van der Waals surface area contributed by atoms with Crippen molar-refractivity contribution in [2.75, 3.05) is 18.0 Å². The number of nitrogens with zero attached hydrogens (tertiary/aromatic N) is 1. The summed E-state index contributed by atoms with van der Waals surface area (Å²) in [6.45, 7) is 1.87. The lowest BCUT2D eigenvalue weighted by Gasteiger charge is -2.22. The molecule has 0 bridgehead atoms. The predicted octanol–water partition coefficient (Wildman–Crippen LogP) is 2.66. The maximum atomic E-state index is 5.77. The Hall–Kier alpha value is -2.11. The van der Waals surface area contributed by atoms with Crippen molar-refractivity contribution in [3.05, 3.63) is 60.2 Å². The van der Waals surface area contributed by atoms with Crippen molar-refractivity contribution in [3.63, 3.8) is 0 Å². The Kier molecular flexibility index (Phi) is 6.18. The molecule has 0 radical (unpaired) electrons. The van der Waals surface area contributed by atoms with Gasteiger partial charge in [-0.15, -0.1) is 0 Å². The first-order chi connectivity index (χ1) is 10.7. The highest BCUT2D eigenvalue weighted by atomic mass is 32.1. The summed E-state index contributed by atoms with van der Waals surface area (Å²) in [5, 5.41) is 0.353. The number of hydrogen-bond donors (Lipinski definition) is 2. The molecule has 4 N–H and O–H groups in total. The van der Waals surface area contributed by atoms with Crippen molar-refractivity contribution >= 4 is 23.0 Å². The number of ether oxygens (including phenoxy) is 1. The molecule has 0 amide bonds. The molecule has 0 aliphatic carbocycles. The molecule has 2 rings (SSSR count). The van der Waals surface area contributed by atoms with E-state index >= 15 is 0 Å². The molecule has 0 saturated carbocycles. The minimum atomic E-state index is 0.353. The summed E-state index contributed by atoms with van der Waals surface area (Å²) in [6.07, 6.45) is 0.837. The van der Waals surface area contributed by atoms with Gasteiger partial charge in [0.2, 0.25) is 0 Å². The van der Waals surface area contributed by atoms with Crippen molar-refractivity contribution in [3.8, 4) is 5.75 Å². The van der Waals surface area contributed by atoms with Crippen LogP contribution in [-0.4, -0.2) is 18.2 Å². The average Bonchev–Trinajstić information content (AvgIpc) is 2.55. The second kappa shape index (κ2) is 8.36. The number of benzene rings is 2. The van der Waals surface area contributed by atoms with Gasteiger partial charge in [0.25, 0.3) is 0 Å². The normalized spacial score (nSPS) is 10.2. The van der Waals surface area contributed by atoms with E-state index in [0.717, 1.165) is 30.0 Å². The van der Waals surface area contributed by atoms with Crippen LogP contribution in [0.2, 0.25) is 0 Å². The maximum Gasteiger partial charge on any atom is 0.170 e. The van der Waals surface area contributed by atoms with E-state index in [-0.39, 0.29) is 0 Å². The summed E-state index contributed by atoms with van der Waals surface area (Å²) < 4.78 is 5.77. The van der Waals surface area contributed by atoms with Gasteiger partial charge in [0, 0.05) is 12.2 Å². The molecule has 0 aliphatic rings. The smallest absolute Gasteiger partial charge is 0.170 e. The molecule has 116 valence electrons. The molecule has 4 nitrogen and oxygen atoms in total. The van der Waals surface area contributed by atoms with E-state index in [4.69, 9.17) is 28.4 Å². The van der Waals surface area contributed by atoms with Crippen molar-refractivity contribution in [1.29, 1.82) is 0 Å². The molecule has 0 atom stereocenters. The third kappa shape index (κ3) is 4.72. The first-order valence-electron chi connectivity index (χ1n) is 7.24. The van der Waals surface area contributed by atoms with Crippen LogP contribution in [0.1, 0.15) is 12.0 Å². The largest absolute Gasteiger partial charge is 0.489 e. The van der Waals surface area contributed by atoms with E-state index in [1.165, 1.54) is 0 Å². The zero-order valence-electron chi connectivity index (χ0n) is 12.4. The predicted molar refractivity (Wildman–Crippen MR) is 95.0 cm³/mol. The number of anilines is 1. The Bertz CT molecular complexity index is 587. The third-order valence-electron chi connectivity index (χ3n) is 3.25. The zero-order chi connectivity index (χ0) is 15.8. The van der Waals surface area contributed by atoms with Crippen LogP contribution in [0.4, 0.5) is 5.69 Å². The van der Waals surface area contributed by atoms with Gasteiger partial charge in [-0.05, 0) is 55.0 Å². The molecule has 0 aliphatic heterocycles. The van der Waals surface area contributed by atoms with Crippen molar-refractivity contribution in [2.24, 2.45) is 11.5 Å². The fourth-order valence-corrected chi connectivity index (χ4v) is 2.28. The van der Waals surface area contributed by atoms with Crippen molar-refractivity contribution in [2.45, 2.75) is 13.0 Å². The summed E-state index contributed by atoms with van der Waals surface area (Å²) in [4.78, 5) is 1.88. The first kappa shape index (κ1) is 16.3. The molecule has 0 spiro atoms. The molecule has 22 heavy (non-hydrogen) atoms. The lowest BCUT2D eigenvalue weighted by atomic mass is 10.2. The minimum absolute atomic E-state index is 0.353. The minimum Gasteiger partial charge on any atom is -0.489 e. The first-order valence-corrected chi connectivity index (χ1v) is 7.65. The van der Waals surface area contributed by atoms with Gasteiger partial charge in [0.05, 0.1) is 0 Å². The molecule has 2 aromatic rings. The van der Waals surface area contributed by atoms with Crippen LogP contribution in [0.15, 0.2) is 54.6 Å². The van der Waals surface area contributed by atoms with Crippen molar-refractivity contribution < 1.29 is 4.74 Å². The Morgan fingerprint density at radius 3 is 2.32 bits per heavy atom. The monoisotopic (exact) mass is 315 g/mol. The molecule has 2 aromatic carbocycles. The number of thiocarbonyl (C=S) groups is 1. The summed E-state index contributed by atoms with van der Waals surface area (Å²) in [7, 11) is 0. The van der Waals surface area contributed by atoms with Crippen LogP contribution in [0.25, 0.3) is 0 Å². The Balaban J connectivity index is 1.98. The molecule has 0 aromatic heterocycles. The lowest BCUT2D eigenvalue weighted by molar-refractivity contribution is 0.306. The van der Waals surface area contributed by atoms with Gasteiger partial charge < -0.3 is 21.1 Å². The molecular weight excluding hydrogens is 294 g/mol. The SMILES string of the molecule is NCCCN(C(N)=S)c1ccc(OCc2ccccc2)cc1. The fourth-order valence-electron chi connectivity index (χ4n) is 2.08. The van der Waals surface area contributed by atoms with Crippen LogP contribution in [0.3, 0.4) is 0 Å². The van der Waals surface area contributed by atoms with Crippen LogP contribution >= 0.6 is 12.2 Å². The second-order valence-corrected chi connectivity index (χ2v) is 5.32. The topological polar surface area (TPSA) is 64.5 Å². The van der Waals surface area contributed by atoms with Crippen LogP contribution in [0.5, 0.6) is 5.75 Å². The maximum absolute atomic E-state index is 5.77. The molecular formula is C17H21N3OS. The Morgan fingerprint density at radius 1 is 1.05 bits per heavy atom. The van der Waals surface area contributed by atoms with E-state index in [2.05, 4.69) is 0 Å². The van der Waals surface area contributed by atoms with E-state index in [0.29, 0.717) is 18.3 Å². The number of hydrogen-bond acceptors (Lipinski definition) is 3. The van der Waals surface area contributed by atoms with Gasteiger partial charge >= 0.3 is 0 Å². The fraction of sp³-hybridized carbons (Fsp3) is 0.235. The average molecular weight is 315 g/mol. The molecule has 0 heterocycles. The van der Waals surface area contributed by atoms with E-state index in [1.807, 2.05) is 59.5 Å². The zero-order valence-corrected chi connectivity index (χ0v) is 13.3. The Labute approximate surface area is 136 Å². The van der Waals surface area contributed by atoms with Crippen LogP contribution in [-0.2, 0) is 6.61 Å². The van der Waals surface area contributed by atoms with Gasteiger partial charge in [-0.3, -0.25) is 0 Å². The molecule has 0 fully saturated rings. The Morgan fingerprint density at radius 2 is 1.73 bits per heavy atom. The van der Waals surface area contributed by atoms with Gasteiger partial charge in [0.1, 0.15) is 12.4 Å². The molecule has 0 unspecified atom stereocenters. The quantitative estimate of drug-likeness (QED) is 0.769. The summed E-state index contributed by atoms with van der Waals surface area (Å²) in [6, 6.07) is 17.8. The highest BCUT2D eigenvalue weighted by Gasteiger charge is 2.08. The number of nitrogens with two attached hydrogens (primary N) is 2. The number of rotatable bonds is 7.